The summed E-state index contributed by atoms with van der Waals surface area (Å²) in [7, 11) is -3.49. The molecule has 0 fully saturated rings. The van der Waals surface area contributed by atoms with Crippen molar-refractivity contribution in [2.45, 2.75) is 31.3 Å². The van der Waals surface area contributed by atoms with Gasteiger partial charge in [0.2, 0.25) is 15.9 Å². The zero-order valence-corrected chi connectivity index (χ0v) is 18.0. The fourth-order valence-corrected chi connectivity index (χ4v) is 3.90. The molecular weight excluding hydrogens is 414 g/mol. The molecule has 9 heteroatoms. The largest absolute Gasteiger partial charge is 0.348 e. The van der Waals surface area contributed by atoms with Gasteiger partial charge in [-0.2, -0.15) is 5.10 Å². The van der Waals surface area contributed by atoms with Crippen LogP contribution in [0.2, 0.25) is 0 Å². The Morgan fingerprint density at radius 1 is 1.06 bits per heavy atom. The van der Waals surface area contributed by atoms with Crippen LogP contribution >= 0.6 is 0 Å². The third kappa shape index (κ3) is 6.87. The van der Waals surface area contributed by atoms with Gasteiger partial charge < -0.3 is 5.32 Å². The molecule has 0 unspecified atom stereocenters. The molecule has 162 valence electrons. The highest BCUT2D eigenvalue weighted by Crippen LogP contribution is 2.12. The Balaban J connectivity index is 1.49. The van der Waals surface area contributed by atoms with E-state index < -0.39 is 10.0 Å². The highest BCUT2D eigenvalue weighted by atomic mass is 32.2. The number of carbonyl (C=O) groups is 1. The lowest BCUT2D eigenvalue weighted by atomic mass is 10.1. The van der Waals surface area contributed by atoms with E-state index in [0.29, 0.717) is 19.6 Å². The van der Waals surface area contributed by atoms with E-state index in [4.69, 9.17) is 0 Å². The molecule has 2 aromatic carbocycles. The number of aromatic nitrogens is 3. The molecule has 31 heavy (non-hydrogen) atoms. The molecule has 0 saturated heterocycles. The number of amides is 1. The second kappa shape index (κ2) is 10.6. The topological polar surface area (TPSA) is 106 Å². The van der Waals surface area contributed by atoms with Crippen molar-refractivity contribution in [1.82, 2.24) is 24.8 Å². The lowest BCUT2D eigenvalue weighted by Crippen LogP contribution is -2.24. The number of hydrogen-bond donors (Lipinski definition) is 2. The Kier molecular flexibility index (Phi) is 7.69. The maximum absolute atomic E-state index is 12.1. The van der Waals surface area contributed by atoms with Crippen LogP contribution in [-0.4, -0.2) is 35.6 Å². The van der Waals surface area contributed by atoms with Gasteiger partial charge in [-0.1, -0.05) is 43.3 Å². The first kappa shape index (κ1) is 22.4. The molecule has 0 atom stereocenters. The summed E-state index contributed by atoms with van der Waals surface area (Å²) in [6.07, 6.45) is 6.96. The molecule has 8 nitrogen and oxygen atoms in total. The van der Waals surface area contributed by atoms with Crippen molar-refractivity contribution in [2.24, 2.45) is 0 Å². The quantitative estimate of drug-likeness (QED) is 0.472. The maximum atomic E-state index is 12.1. The molecule has 3 rings (SSSR count). The Morgan fingerprint density at radius 2 is 1.77 bits per heavy atom. The van der Waals surface area contributed by atoms with E-state index in [-0.39, 0.29) is 10.8 Å². The predicted molar refractivity (Wildman–Crippen MR) is 118 cm³/mol. The Bertz CT molecular complexity index is 1110. The molecule has 0 aliphatic heterocycles. The summed E-state index contributed by atoms with van der Waals surface area (Å²) in [4.78, 5) is 16.2. The van der Waals surface area contributed by atoms with Crippen LogP contribution in [-0.2, 0) is 27.9 Å². The Hall–Kier alpha value is -3.30. The molecule has 0 spiro atoms. The van der Waals surface area contributed by atoms with Gasteiger partial charge in [-0.25, -0.2) is 22.8 Å². The zero-order chi connectivity index (χ0) is 22.1. The first-order valence-electron chi connectivity index (χ1n) is 9.92. The molecule has 2 N–H and O–H groups in total. The molecule has 0 aliphatic rings. The van der Waals surface area contributed by atoms with Crippen molar-refractivity contribution in [3.05, 3.63) is 84.0 Å². The summed E-state index contributed by atoms with van der Waals surface area (Å²) in [6.45, 7) is 3.35. The fraction of sp³-hybridized carbons (Fsp3) is 0.227. The van der Waals surface area contributed by atoms with E-state index in [2.05, 4.69) is 20.1 Å². The van der Waals surface area contributed by atoms with Crippen LogP contribution in [0, 0.1) is 0 Å². The third-order valence-electron chi connectivity index (χ3n) is 4.46. The number of benzene rings is 2. The minimum absolute atomic E-state index is 0.204. The van der Waals surface area contributed by atoms with Crippen LogP contribution in [0.3, 0.4) is 0 Å². The summed E-state index contributed by atoms with van der Waals surface area (Å²) in [5.41, 5.74) is 2.82. The third-order valence-corrected chi connectivity index (χ3v) is 5.94. The van der Waals surface area contributed by atoms with Crippen molar-refractivity contribution < 1.29 is 13.2 Å². The number of nitrogens with zero attached hydrogens (tertiary/aromatic N) is 3. The standard InChI is InChI=1S/C22H25N5O3S/c1-2-13-26-31(29,30)21-10-7-18(8-11-21)9-12-22(28)24-14-19-3-5-20(6-4-19)15-27-17-23-16-25-27/h3-12,16-17,26H,2,13-15H2,1H3,(H,24,28)/b12-9+. The molecule has 0 saturated carbocycles. The SMILES string of the molecule is CCCNS(=O)(=O)c1ccc(/C=C/C(=O)NCc2ccc(Cn3cncn3)cc2)cc1. The first-order valence-corrected chi connectivity index (χ1v) is 11.4. The van der Waals surface area contributed by atoms with Gasteiger partial charge in [0.25, 0.3) is 0 Å². The minimum Gasteiger partial charge on any atom is -0.348 e. The van der Waals surface area contributed by atoms with E-state index in [0.717, 1.165) is 23.1 Å². The first-order chi connectivity index (χ1) is 15.0. The maximum Gasteiger partial charge on any atom is 0.244 e. The highest BCUT2D eigenvalue weighted by molar-refractivity contribution is 7.89. The molecule has 1 aromatic heterocycles. The number of hydrogen-bond acceptors (Lipinski definition) is 5. The van der Waals surface area contributed by atoms with Gasteiger partial charge in [0.15, 0.2) is 0 Å². The number of nitrogens with one attached hydrogen (secondary N) is 2. The second-order valence-electron chi connectivity index (χ2n) is 6.93. The summed E-state index contributed by atoms with van der Waals surface area (Å²) in [6, 6.07) is 14.3. The van der Waals surface area contributed by atoms with Gasteiger partial charge in [-0.05, 0) is 41.3 Å². The molecular formula is C22H25N5O3S. The van der Waals surface area contributed by atoms with Crippen molar-refractivity contribution in [3.63, 3.8) is 0 Å². The van der Waals surface area contributed by atoms with Gasteiger partial charge in [-0.3, -0.25) is 4.79 Å². The van der Waals surface area contributed by atoms with Crippen LogP contribution in [0.4, 0.5) is 0 Å². The lowest BCUT2D eigenvalue weighted by Gasteiger charge is -2.06. The van der Waals surface area contributed by atoms with Crippen LogP contribution in [0.25, 0.3) is 6.08 Å². The van der Waals surface area contributed by atoms with E-state index in [1.807, 2.05) is 31.2 Å². The van der Waals surface area contributed by atoms with Crippen molar-refractivity contribution in [2.75, 3.05) is 6.54 Å². The van der Waals surface area contributed by atoms with Gasteiger partial charge in [0, 0.05) is 19.2 Å². The van der Waals surface area contributed by atoms with E-state index >= 15 is 0 Å². The van der Waals surface area contributed by atoms with E-state index in [1.54, 1.807) is 29.2 Å². The molecule has 0 aliphatic carbocycles. The van der Waals surface area contributed by atoms with Crippen molar-refractivity contribution in [3.8, 4) is 0 Å². The Morgan fingerprint density at radius 3 is 2.42 bits per heavy atom. The molecule has 1 heterocycles. The molecule has 3 aromatic rings. The molecule has 1 amide bonds. The van der Waals surface area contributed by atoms with Gasteiger partial charge in [0.1, 0.15) is 12.7 Å². The van der Waals surface area contributed by atoms with Crippen LogP contribution in [0.1, 0.15) is 30.0 Å². The average Bonchev–Trinajstić information content (AvgIpc) is 3.29. The van der Waals surface area contributed by atoms with Crippen LogP contribution in [0.15, 0.2) is 72.2 Å². The van der Waals surface area contributed by atoms with Gasteiger partial charge >= 0.3 is 0 Å². The normalized spacial score (nSPS) is 11.6. The fourth-order valence-electron chi connectivity index (χ4n) is 2.76. The Labute approximate surface area is 182 Å². The minimum atomic E-state index is -3.49. The number of carbonyl (C=O) groups excluding carboxylic acids is 1. The molecule has 0 bridgehead atoms. The van der Waals surface area contributed by atoms with Crippen LogP contribution in [0.5, 0.6) is 0 Å². The summed E-state index contributed by atoms with van der Waals surface area (Å²) in [5.74, 6) is -0.229. The number of sulfonamides is 1. The zero-order valence-electron chi connectivity index (χ0n) is 17.2. The van der Waals surface area contributed by atoms with E-state index in [9.17, 15) is 13.2 Å². The predicted octanol–water partition coefficient (Wildman–Crippen LogP) is 2.34. The summed E-state index contributed by atoms with van der Waals surface area (Å²) >= 11 is 0. The average molecular weight is 440 g/mol. The van der Waals surface area contributed by atoms with Crippen LogP contribution < -0.4 is 10.0 Å². The van der Waals surface area contributed by atoms with Gasteiger partial charge in [-0.15, -0.1) is 0 Å². The second-order valence-corrected chi connectivity index (χ2v) is 8.69. The van der Waals surface area contributed by atoms with Crippen molar-refractivity contribution in [1.29, 1.82) is 0 Å². The highest BCUT2D eigenvalue weighted by Gasteiger charge is 2.12. The summed E-state index contributed by atoms with van der Waals surface area (Å²) in [5, 5.41) is 6.91. The smallest absolute Gasteiger partial charge is 0.244 e. The van der Waals surface area contributed by atoms with Crippen molar-refractivity contribution >= 4 is 22.0 Å². The van der Waals surface area contributed by atoms with E-state index in [1.165, 1.54) is 24.5 Å². The monoisotopic (exact) mass is 439 g/mol. The molecule has 0 radical (unpaired) electrons. The lowest BCUT2D eigenvalue weighted by molar-refractivity contribution is -0.116. The van der Waals surface area contributed by atoms with Gasteiger partial charge in [0.05, 0.1) is 11.4 Å². The number of rotatable bonds is 10. The summed E-state index contributed by atoms with van der Waals surface area (Å²) < 4.78 is 28.4.